The summed E-state index contributed by atoms with van der Waals surface area (Å²) in [6.45, 7) is -2.89. The maximum Gasteiger partial charge on any atom is 0.387 e. The van der Waals surface area contributed by atoms with Gasteiger partial charge in [-0.05, 0) is 17.7 Å². The van der Waals surface area contributed by atoms with Crippen molar-refractivity contribution in [3.63, 3.8) is 0 Å². The normalized spacial score (nSPS) is 12.7. The molecule has 0 aliphatic heterocycles. The lowest BCUT2D eigenvalue weighted by molar-refractivity contribution is -0.0499. The number of aromatic nitrogens is 3. The number of aliphatic hydroxyl groups excluding tert-OH is 1. The number of rotatable bonds is 4. The minimum Gasteiger partial charge on any atom is -0.435 e. The molecule has 0 aliphatic rings. The Morgan fingerprint density at radius 2 is 2.17 bits per heavy atom. The van der Waals surface area contributed by atoms with Gasteiger partial charge in [-0.25, -0.2) is 4.68 Å². The number of aryl methyl sites for hydroxylation is 1. The third-order valence-corrected chi connectivity index (χ3v) is 2.43. The first-order valence-electron chi connectivity index (χ1n) is 5.15. The van der Waals surface area contributed by atoms with Crippen LogP contribution in [0.25, 0.3) is 0 Å². The monoisotopic (exact) mass is 255 g/mol. The molecule has 2 aromatic rings. The maximum absolute atomic E-state index is 12.1. The Bertz CT molecular complexity index is 531. The van der Waals surface area contributed by atoms with Gasteiger partial charge in [0, 0.05) is 7.05 Å². The molecule has 1 N–H and O–H groups in total. The topological polar surface area (TPSA) is 60.2 Å². The Balaban J connectivity index is 2.25. The Labute approximate surface area is 102 Å². The zero-order chi connectivity index (χ0) is 13.1. The highest BCUT2D eigenvalue weighted by molar-refractivity contribution is 5.32. The summed E-state index contributed by atoms with van der Waals surface area (Å²) < 4.78 is 29.8. The van der Waals surface area contributed by atoms with Crippen LogP contribution in [-0.4, -0.2) is 26.7 Å². The average molecular weight is 255 g/mol. The second kappa shape index (κ2) is 5.09. The van der Waals surface area contributed by atoms with Crippen LogP contribution in [0.2, 0.25) is 0 Å². The zero-order valence-corrected chi connectivity index (χ0v) is 9.49. The van der Waals surface area contributed by atoms with Crippen molar-refractivity contribution in [3.8, 4) is 5.75 Å². The Morgan fingerprint density at radius 3 is 2.78 bits per heavy atom. The molecule has 18 heavy (non-hydrogen) atoms. The summed E-state index contributed by atoms with van der Waals surface area (Å²) in [5, 5.41) is 17.4. The van der Waals surface area contributed by atoms with E-state index in [2.05, 4.69) is 15.0 Å². The van der Waals surface area contributed by atoms with Gasteiger partial charge in [-0.2, -0.15) is 8.78 Å². The van der Waals surface area contributed by atoms with E-state index in [0.717, 1.165) is 0 Å². The molecule has 0 radical (unpaired) electrons. The van der Waals surface area contributed by atoms with Crippen LogP contribution in [0.4, 0.5) is 8.78 Å². The van der Waals surface area contributed by atoms with Gasteiger partial charge in [0.05, 0.1) is 11.9 Å². The van der Waals surface area contributed by atoms with Gasteiger partial charge >= 0.3 is 6.61 Å². The summed E-state index contributed by atoms with van der Waals surface area (Å²) in [5.74, 6) is -0.00308. The van der Waals surface area contributed by atoms with E-state index < -0.39 is 12.7 Å². The van der Waals surface area contributed by atoms with Gasteiger partial charge in [0.1, 0.15) is 11.9 Å². The van der Waals surface area contributed by atoms with Crippen molar-refractivity contribution in [3.05, 3.63) is 41.7 Å². The fourth-order valence-corrected chi connectivity index (χ4v) is 1.58. The molecule has 1 heterocycles. The average Bonchev–Trinajstić information content (AvgIpc) is 2.74. The predicted octanol–water partition coefficient (Wildman–Crippen LogP) is 1.50. The molecule has 5 nitrogen and oxygen atoms in total. The summed E-state index contributed by atoms with van der Waals surface area (Å²) >= 11 is 0. The predicted molar refractivity (Wildman–Crippen MR) is 58.1 cm³/mol. The molecule has 7 heteroatoms. The molecule has 1 unspecified atom stereocenters. The third kappa shape index (κ3) is 2.62. The standard InChI is InChI=1S/C11H11F2N3O2/c1-16-9(6-14-15-16)10(17)7-3-2-4-8(5-7)18-11(12)13/h2-6,10-11,17H,1H3. The van der Waals surface area contributed by atoms with Crippen molar-refractivity contribution in [2.45, 2.75) is 12.7 Å². The molecular weight excluding hydrogens is 244 g/mol. The van der Waals surface area contributed by atoms with Gasteiger partial charge in [0.25, 0.3) is 0 Å². The summed E-state index contributed by atoms with van der Waals surface area (Å²) in [6.07, 6.45) is 0.414. The van der Waals surface area contributed by atoms with Crippen molar-refractivity contribution in [1.29, 1.82) is 0 Å². The van der Waals surface area contributed by atoms with E-state index in [1.54, 1.807) is 13.1 Å². The van der Waals surface area contributed by atoms with Crippen molar-refractivity contribution in [2.24, 2.45) is 7.05 Å². The number of aliphatic hydroxyl groups is 1. The lowest BCUT2D eigenvalue weighted by Gasteiger charge is -2.12. The number of ether oxygens (including phenoxy) is 1. The van der Waals surface area contributed by atoms with Crippen LogP contribution in [0, 0.1) is 0 Å². The molecule has 2 rings (SSSR count). The molecule has 1 atom stereocenters. The Morgan fingerprint density at radius 1 is 1.39 bits per heavy atom. The van der Waals surface area contributed by atoms with E-state index in [1.807, 2.05) is 0 Å². The molecule has 0 aliphatic carbocycles. The highest BCUT2D eigenvalue weighted by atomic mass is 19.3. The van der Waals surface area contributed by atoms with Gasteiger partial charge in [-0.15, -0.1) is 5.10 Å². The first-order valence-corrected chi connectivity index (χ1v) is 5.15. The summed E-state index contributed by atoms with van der Waals surface area (Å²) in [7, 11) is 1.63. The molecule has 0 amide bonds. The van der Waals surface area contributed by atoms with Crippen LogP contribution in [0.15, 0.2) is 30.5 Å². The molecule has 1 aromatic heterocycles. The van der Waals surface area contributed by atoms with Crippen LogP contribution in [-0.2, 0) is 7.05 Å². The fraction of sp³-hybridized carbons (Fsp3) is 0.273. The molecule has 0 saturated carbocycles. The van der Waals surface area contributed by atoms with Gasteiger partial charge in [-0.3, -0.25) is 0 Å². The maximum atomic E-state index is 12.1. The minimum atomic E-state index is -2.89. The largest absolute Gasteiger partial charge is 0.435 e. The number of benzene rings is 1. The van der Waals surface area contributed by atoms with Crippen molar-refractivity contribution >= 4 is 0 Å². The first-order chi connectivity index (χ1) is 8.58. The van der Waals surface area contributed by atoms with Gasteiger partial charge in [0.15, 0.2) is 0 Å². The van der Waals surface area contributed by atoms with Crippen LogP contribution in [0.1, 0.15) is 17.4 Å². The quantitative estimate of drug-likeness (QED) is 0.899. The van der Waals surface area contributed by atoms with E-state index >= 15 is 0 Å². The molecule has 1 aromatic carbocycles. The Hall–Kier alpha value is -2.02. The molecule has 0 bridgehead atoms. The van der Waals surface area contributed by atoms with E-state index in [4.69, 9.17) is 0 Å². The molecule has 0 saturated heterocycles. The third-order valence-electron chi connectivity index (χ3n) is 2.43. The molecule has 0 spiro atoms. The van der Waals surface area contributed by atoms with E-state index in [1.165, 1.54) is 29.1 Å². The second-order valence-corrected chi connectivity index (χ2v) is 3.64. The van der Waals surface area contributed by atoms with E-state index in [-0.39, 0.29) is 5.75 Å². The number of halogens is 2. The zero-order valence-electron chi connectivity index (χ0n) is 9.49. The minimum absolute atomic E-state index is 0.00308. The molecule has 96 valence electrons. The van der Waals surface area contributed by atoms with Crippen LogP contribution >= 0.6 is 0 Å². The van der Waals surface area contributed by atoms with E-state index in [9.17, 15) is 13.9 Å². The lowest BCUT2D eigenvalue weighted by atomic mass is 10.1. The van der Waals surface area contributed by atoms with Gasteiger partial charge in [-0.1, -0.05) is 17.3 Å². The number of hydrogen-bond acceptors (Lipinski definition) is 4. The van der Waals surface area contributed by atoms with Crippen LogP contribution in [0.3, 0.4) is 0 Å². The highest BCUT2D eigenvalue weighted by Gasteiger charge is 2.16. The number of hydrogen-bond donors (Lipinski definition) is 1. The lowest BCUT2D eigenvalue weighted by Crippen LogP contribution is -2.07. The van der Waals surface area contributed by atoms with Crippen molar-refractivity contribution in [2.75, 3.05) is 0 Å². The van der Waals surface area contributed by atoms with Crippen LogP contribution in [0.5, 0.6) is 5.75 Å². The molecular formula is C11H11F2N3O2. The SMILES string of the molecule is Cn1nncc1C(O)c1cccc(OC(F)F)c1. The van der Waals surface area contributed by atoms with Crippen molar-refractivity contribution in [1.82, 2.24) is 15.0 Å². The highest BCUT2D eigenvalue weighted by Crippen LogP contribution is 2.24. The van der Waals surface area contributed by atoms with Gasteiger partial charge in [0.2, 0.25) is 0 Å². The first kappa shape index (κ1) is 12.4. The Kier molecular flexibility index (Phi) is 3.52. The van der Waals surface area contributed by atoms with Crippen LogP contribution < -0.4 is 4.74 Å². The molecule has 0 fully saturated rings. The smallest absolute Gasteiger partial charge is 0.387 e. The number of alkyl halides is 2. The van der Waals surface area contributed by atoms with Crippen molar-refractivity contribution < 1.29 is 18.6 Å². The summed E-state index contributed by atoms with van der Waals surface area (Å²) in [6, 6.07) is 5.88. The van der Waals surface area contributed by atoms with Gasteiger partial charge < -0.3 is 9.84 Å². The summed E-state index contributed by atoms with van der Waals surface area (Å²) in [4.78, 5) is 0. The second-order valence-electron chi connectivity index (χ2n) is 3.64. The van der Waals surface area contributed by atoms with E-state index in [0.29, 0.717) is 11.3 Å². The summed E-state index contributed by atoms with van der Waals surface area (Å²) in [5.41, 5.74) is 0.891. The number of nitrogens with zero attached hydrogens (tertiary/aromatic N) is 3. The fourth-order valence-electron chi connectivity index (χ4n) is 1.58.